The molecule has 1 heterocycles. The first-order valence-electron chi connectivity index (χ1n) is 5.54. The number of nitrogens with zero attached hydrogens (tertiary/aromatic N) is 2. The lowest BCUT2D eigenvalue weighted by molar-refractivity contribution is -0.384. The summed E-state index contributed by atoms with van der Waals surface area (Å²) in [7, 11) is 0. The van der Waals surface area contributed by atoms with Crippen molar-refractivity contribution >= 4 is 39.1 Å². The molecule has 9 heteroatoms. The van der Waals surface area contributed by atoms with E-state index in [4.69, 9.17) is 5.73 Å². The van der Waals surface area contributed by atoms with Crippen LogP contribution < -0.4 is 10.6 Å². The Labute approximate surface area is 120 Å². The highest BCUT2D eigenvalue weighted by atomic mass is 79.9. The van der Waals surface area contributed by atoms with Crippen molar-refractivity contribution in [2.24, 2.45) is 11.7 Å². The van der Waals surface area contributed by atoms with Gasteiger partial charge in [0.05, 0.1) is 15.3 Å². The van der Waals surface area contributed by atoms with Crippen molar-refractivity contribution in [3.63, 3.8) is 0 Å². The van der Waals surface area contributed by atoms with Crippen LogP contribution in [0.2, 0.25) is 0 Å². The van der Waals surface area contributed by atoms with Crippen LogP contribution in [-0.2, 0) is 9.59 Å². The number of amides is 2. The summed E-state index contributed by atoms with van der Waals surface area (Å²) in [6, 6.07) is 1.87. The minimum Gasteiger partial charge on any atom is -0.369 e. The summed E-state index contributed by atoms with van der Waals surface area (Å²) < 4.78 is 13.5. The zero-order valence-corrected chi connectivity index (χ0v) is 11.6. The van der Waals surface area contributed by atoms with Crippen LogP contribution in [0.5, 0.6) is 0 Å². The standard InChI is InChI=1S/C11H9BrFN3O4/c12-6-2-9(16(19)20)8(3-7(6)13)15-4-5(11(14)18)1-10(15)17/h2-3,5H,1,4H2,(H2,14,18). The molecule has 0 radical (unpaired) electrons. The molecule has 0 spiro atoms. The first-order chi connectivity index (χ1) is 9.31. The highest BCUT2D eigenvalue weighted by Crippen LogP contribution is 2.36. The third-order valence-electron chi connectivity index (χ3n) is 3.03. The average molecular weight is 346 g/mol. The molecule has 1 aromatic rings. The topological polar surface area (TPSA) is 107 Å². The van der Waals surface area contributed by atoms with Gasteiger partial charge in [-0.1, -0.05) is 0 Å². The number of primary amides is 1. The van der Waals surface area contributed by atoms with Crippen molar-refractivity contribution in [2.45, 2.75) is 6.42 Å². The molecule has 0 bridgehead atoms. The van der Waals surface area contributed by atoms with Crippen molar-refractivity contribution in [3.8, 4) is 0 Å². The largest absolute Gasteiger partial charge is 0.369 e. The fourth-order valence-electron chi connectivity index (χ4n) is 2.02. The Hall–Kier alpha value is -2.03. The maximum Gasteiger partial charge on any atom is 0.294 e. The van der Waals surface area contributed by atoms with Gasteiger partial charge in [0.15, 0.2) is 0 Å². The van der Waals surface area contributed by atoms with Gasteiger partial charge in [0.2, 0.25) is 11.8 Å². The van der Waals surface area contributed by atoms with Gasteiger partial charge in [-0.3, -0.25) is 19.7 Å². The number of nitro benzene ring substituents is 1. The zero-order valence-electron chi connectivity index (χ0n) is 10.0. The maximum absolute atomic E-state index is 13.6. The molecule has 1 saturated heterocycles. The van der Waals surface area contributed by atoms with Gasteiger partial charge in [0, 0.05) is 25.1 Å². The summed E-state index contributed by atoms with van der Waals surface area (Å²) in [6.45, 7) is -0.0872. The van der Waals surface area contributed by atoms with Gasteiger partial charge in [-0.2, -0.15) is 0 Å². The van der Waals surface area contributed by atoms with Gasteiger partial charge in [0.1, 0.15) is 11.5 Å². The maximum atomic E-state index is 13.6. The summed E-state index contributed by atoms with van der Waals surface area (Å²) in [5, 5.41) is 11.0. The van der Waals surface area contributed by atoms with Gasteiger partial charge < -0.3 is 10.6 Å². The summed E-state index contributed by atoms with van der Waals surface area (Å²) in [5.74, 6) is -2.63. The number of rotatable bonds is 3. The molecule has 2 amide bonds. The van der Waals surface area contributed by atoms with Crippen LogP contribution in [0, 0.1) is 21.8 Å². The molecule has 1 aliphatic heterocycles. The number of nitrogens with two attached hydrogens (primary N) is 1. The molecule has 106 valence electrons. The monoisotopic (exact) mass is 345 g/mol. The van der Waals surface area contributed by atoms with Crippen LogP contribution in [0.4, 0.5) is 15.8 Å². The van der Waals surface area contributed by atoms with Crippen molar-refractivity contribution in [1.29, 1.82) is 0 Å². The molecule has 1 unspecified atom stereocenters. The average Bonchev–Trinajstić information content (AvgIpc) is 2.74. The van der Waals surface area contributed by atoms with Crippen molar-refractivity contribution < 1.29 is 18.9 Å². The van der Waals surface area contributed by atoms with E-state index in [1.54, 1.807) is 0 Å². The Bertz CT molecular complexity index is 622. The van der Waals surface area contributed by atoms with E-state index in [0.717, 1.165) is 17.0 Å². The van der Waals surface area contributed by atoms with E-state index in [0.29, 0.717) is 0 Å². The second-order valence-corrected chi connectivity index (χ2v) is 5.17. The first-order valence-corrected chi connectivity index (χ1v) is 6.33. The minimum atomic E-state index is -0.735. The summed E-state index contributed by atoms with van der Waals surface area (Å²) in [5.41, 5.74) is 4.52. The van der Waals surface area contributed by atoms with E-state index in [2.05, 4.69) is 15.9 Å². The van der Waals surface area contributed by atoms with Gasteiger partial charge >= 0.3 is 0 Å². The second-order valence-electron chi connectivity index (χ2n) is 4.32. The Balaban J connectivity index is 2.47. The highest BCUT2D eigenvalue weighted by molar-refractivity contribution is 9.10. The van der Waals surface area contributed by atoms with Crippen LogP contribution in [0.15, 0.2) is 16.6 Å². The van der Waals surface area contributed by atoms with Crippen molar-refractivity contribution in [2.75, 3.05) is 11.4 Å². The van der Waals surface area contributed by atoms with Gasteiger partial charge in [-0.05, 0) is 15.9 Å². The number of anilines is 1. The fraction of sp³-hybridized carbons (Fsp3) is 0.273. The number of hydrogen-bond donors (Lipinski definition) is 1. The van der Waals surface area contributed by atoms with E-state index >= 15 is 0 Å². The van der Waals surface area contributed by atoms with Crippen molar-refractivity contribution in [1.82, 2.24) is 0 Å². The molecule has 1 aliphatic rings. The lowest BCUT2D eigenvalue weighted by atomic mass is 10.1. The Kier molecular flexibility index (Phi) is 3.71. The number of carbonyl (C=O) groups is 2. The number of benzene rings is 1. The molecular weight excluding hydrogens is 337 g/mol. The predicted molar refractivity (Wildman–Crippen MR) is 70.4 cm³/mol. The van der Waals surface area contributed by atoms with Crippen LogP contribution >= 0.6 is 15.9 Å². The number of hydrogen-bond acceptors (Lipinski definition) is 4. The normalized spacial score (nSPS) is 18.4. The molecule has 7 nitrogen and oxygen atoms in total. The van der Waals surface area contributed by atoms with Crippen LogP contribution in [-0.4, -0.2) is 23.3 Å². The van der Waals surface area contributed by atoms with E-state index < -0.39 is 34.2 Å². The van der Waals surface area contributed by atoms with Gasteiger partial charge in [-0.15, -0.1) is 0 Å². The lowest BCUT2D eigenvalue weighted by Gasteiger charge is -2.16. The second kappa shape index (κ2) is 5.16. The molecular formula is C11H9BrFN3O4. The van der Waals surface area contributed by atoms with Crippen LogP contribution in [0.3, 0.4) is 0 Å². The molecule has 1 aromatic carbocycles. The number of nitro groups is 1. The van der Waals surface area contributed by atoms with E-state index in [-0.39, 0.29) is 23.1 Å². The third kappa shape index (κ3) is 2.48. The zero-order chi connectivity index (χ0) is 15.0. The van der Waals surface area contributed by atoms with E-state index in [1.165, 1.54) is 0 Å². The summed E-state index contributed by atoms with van der Waals surface area (Å²) in [6.07, 6.45) is -0.135. The fourth-order valence-corrected chi connectivity index (χ4v) is 2.35. The number of carbonyl (C=O) groups excluding carboxylic acids is 2. The van der Waals surface area contributed by atoms with Gasteiger partial charge in [0.25, 0.3) is 5.69 Å². The van der Waals surface area contributed by atoms with E-state index in [9.17, 15) is 24.1 Å². The predicted octanol–water partition coefficient (Wildman–Crippen LogP) is 1.33. The lowest BCUT2D eigenvalue weighted by Crippen LogP contribution is -2.29. The molecule has 0 saturated carbocycles. The summed E-state index contributed by atoms with van der Waals surface area (Å²) >= 11 is 2.85. The molecule has 2 rings (SSSR count). The van der Waals surface area contributed by atoms with Crippen molar-refractivity contribution in [3.05, 3.63) is 32.5 Å². The Morgan fingerprint density at radius 2 is 2.20 bits per heavy atom. The summed E-state index contributed by atoms with van der Waals surface area (Å²) in [4.78, 5) is 34.2. The molecule has 2 N–H and O–H groups in total. The minimum absolute atomic E-state index is 0.0777. The SMILES string of the molecule is NC(=O)C1CC(=O)N(c2cc(F)c(Br)cc2[N+](=O)[O-])C1. The first kappa shape index (κ1) is 14.4. The Morgan fingerprint density at radius 1 is 1.55 bits per heavy atom. The quantitative estimate of drug-likeness (QED) is 0.658. The third-order valence-corrected chi connectivity index (χ3v) is 3.64. The van der Waals surface area contributed by atoms with Gasteiger partial charge in [-0.25, -0.2) is 4.39 Å². The molecule has 0 aliphatic carbocycles. The molecule has 20 heavy (non-hydrogen) atoms. The smallest absolute Gasteiger partial charge is 0.294 e. The van der Waals surface area contributed by atoms with Crippen LogP contribution in [0.1, 0.15) is 6.42 Å². The highest BCUT2D eigenvalue weighted by Gasteiger charge is 2.37. The Morgan fingerprint density at radius 3 is 2.70 bits per heavy atom. The molecule has 0 aromatic heterocycles. The molecule has 1 fully saturated rings. The number of halogens is 2. The van der Waals surface area contributed by atoms with Crippen LogP contribution in [0.25, 0.3) is 0 Å². The molecule has 1 atom stereocenters. The van der Waals surface area contributed by atoms with E-state index in [1.807, 2.05) is 0 Å².